The van der Waals surface area contributed by atoms with Gasteiger partial charge in [0.25, 0.3) is 0 Å². The lowest BCUT2D eigenvalue weighted by Crippen LogP contribution is -2.32. The number of para-hydroxylation sites is 1. The van der Waals surface area contributed by atoms with E-state index in [4.69, 9.17) is 9.47 Å². The van der Waals surface area contributed by atoms with Gasteiger partial charge in [-0.2, -0.15) is 0 Å². The molecule has 2 aliphatic heterocycles. The Morgan fingerprint density at radius 3 is 2.79 bits per heavy atom. The number of aliphatic carboxylic acids is 1. The van der Waals surface area contributed by atoms with Crippen molar-refractivity contribution in [1.29, 1.82) is 0 Å². The highest BCUT2D eigenvalue weighted by atomic mass is 32.2. The second-order valence-corrected chi connectivity index (χ2v) is 6.64. The molecule has 2 heterocycles. The summed E-state index contributed by atoms with van der Waals surface area (Å²) in [6, 6.07) is 12.6. The Bertz CT molecular complexity index is 837. The van der Waals surface area contributed by atoms with Gasteiger partial charge in [0.15, 0.2) is 17.4 Å². The van der Waals surface area contributed by atoms with Crippen molar-refractivity contribution in [3.05, 3.63) is 48.0 Å². The van der Waals surface area contributed by atoms with Gasteiger partial charge in [0.1, 0.15) is 0 Å². The molecule has 2 atom stereocenters. The maximum atomic E-state index is 12.5. The van der Waals surface area contributed by atoms with Crippen LogP contribution in [0.4, 0.5) is 5.69 Å². The number of carbonyl (C=O) groups excluding carboxylic acids is 1. The average molecular weight is 343 g/mol. The van der Waals surface area contributed by atoms with Crippen LogP contribution >= 0.6 is 11.8 Å². The Kier molecular flexibility index (Phi) is 3.57. The second-order valence-electron chi connectivity index (χ2n) is 5.45. The van der Waals surface area contributed by atoms with E-state index < -0.39 is 23.0 Å². The Morgan fingerprint density at radius 2 is 1.96 bits per heavy atom. The molecular formula is C17H13NO5S. The Balaban J connectivity index is 1.80. The van der Waals surface area contributed by atoms with Crippen molar-refractivity contribution >= 4 is 29.3 Å². The van der Waals surface area contributed by atoms with Gasteiger partial charge in [-0.1, -0.05) is 18.2 Å². The third kappa shape index (κ3) is 2.46. The molecule has 2 aromatic rings. The molecule has 0 aliphatic carbocycles. The van der Waals surface area contributed by atoms with Crippen LogP contribution in [0, 0.1) is 5.92 Å². The number of carboxylic acid groups (broad SMARTS) is 1. The van der Waals surface area contributed by atoms with Crippen LogP contribution in [-0.4, -0.2) is 23.8 Å². The molecule has 7 heteroatoms. The van der Waals surface area contributed by atoms with Crippen molar-refractivity contribution < 1.29 is 24.2 Å². The summed E-state index contributed by atoms with van der Waals surface area (Å²) >= 11 is 1.36. The largest absolute Gasteiger partial charge is 0.481 e. The van der Waals surface area contributed by atoms with Crippen molar-refractivity contribution in [2.75, 3.05) is 12.1 Å². The highest BCUT2D eigenvalue weighted by Gasteiger charge is 2.40. The van der Waals surface area contributed by atoms with Crippen LogP contribution < -0.4 is 14.8 Å². The first-order valence-electron chi connectivity index (χ1n) is 7.32. The summed E-state index contributed by atoms with van der Waals surface area (Å²) in [6.07, 6.45) is 0. The van der Waals surface area contributed by atoms with E-state index in [1.165, 1.54) is 11.8 Å². The summed E-state index contributed by atoms with van der Waals surface area (Å²) in [5.74, 6) is -1.70. The minimum atomic E-state index is -1.21. The topological polar surface area (TPSA) is 84.9 Å². The molecule has 0 radical (unpaired) electrons. The molecule has 6 nitrogen and oxygen atoms in total. The zero-order valence-electron chi connectivity index (χ0n) is 12.4. The van der Waals surface area contributed by atoms with Crippen LogP contribution in [0.1, 0.15) is 10.8 Å². The maximum absolute atomic E-state index is 12.5. The lowest BCUT2D eigenvalue weighted by atomic mass is 9.97. The molecule has 2 unspecified atom stereocenters. The molecule has 122 valence electrons. The van der Waals surface area contributed by atoms with E-state index in [1.807, 2.05) is 12.1 Å². The van der Waals surface area contributed by atoms with Crippen molar-refractivity contribution in [1.82, 2.24) is 0 Å². The number of thioether (sulfide) groups is 1. The number of amides is 1. The first-order valence-corrected chi connectivity index (χ1v) is 8.20. The fourth-order valence-corrected chi connectivity index (χ4v) is 4.15. The molecule has 0 aromatic heterocycles. The smallest absolute Gasteiger partial charge is 0.317 e. The highest BCUT2D eigenvalue weighted by molar-refractivity contribution is 7.99. The Morgan fingerprint density at radius 1 is 1.17 bits per heavy atom. The number of carbonyl (C=O) groups is 2. The van der Waals surface area contributed by atoms with Crippen LogP contribution in [0.3, 0.4) is 0 Å². The summed E-state index contributed by atoms with van der Waals surface area (Å²) in [7, 11) is 0. The predicted molar refractivity (Wildman–Crippen MR) is 87.4 cm³/mol. The normalized spacial score (nSPS) is 21.6. The van der Waals surface area contributed by atoms with Gasteiger partial charge in [-0.15, -0.1) is 11.8 Å². The zero-order valence-corrected chi connectivity index (χ0v) is 13.2. The number of hydrogen-bond acceptors (Lipinski definition) is 5. The molecule has 4 rings (SSSR count). The third-order valence-corrected chi connectivity index (χ3v) is 5.38. The van der Waals surface area contributed by atoms with E-state index >= 15 is 0 Å². The van der Waals surface area contributed by atoms with Gasteiger partial charge in [0.05, 0.1) is 10.9 Å². The Labute approximate surface area is 141 Å². The van der Waals surface area contributed by atoms with Gasteiger partial charge in [-0.25, -0.2) is 0 Å². The second kappa shape index (κ2) is 5.76. The molecule has 0 bridgehead atoms. The Hall–Kier alpha value is -2.67. The molecular weight excluding hydrogens is 330 g/mol. The first-order chi connectivity index (χ1) is 11.6. The number of rotatable bonds is 2. The number of nitrogens with one attached hydrogen (secondary N) is 1. The molecule has 0 spiro atoms. The standard InChI is InChI=1S/C17H13NO5S/c19-16-14(17(20)21)15(24-13-4-2-1-3-10(13)18-16)9-5-6-11-12(7-9)23-8-22-11/h1-7,14-15H,8H2,(H,18,19)(H,20,21). The van der Waals surface area contributed by atoms with E-state index in [2.05, 4.69) is 5.32 Å². The van der Waals surface area contributed by atoms with Gasteiger partial charge in [0.2, 0.25) is 12.7 Å². The lowest BCUT2D eigenvalue weighted by molar-refractivity contribution is -0.145. The van der Waals surface area contributed by atoms with Crippen LogP contribution in [-0.2, 0) is 9.59 Å². The lowest BCUT2D eigenvalue weighted by Gasteiger charge is -2.20. The van der Waals surface area contributed by atoms with E-state index in [0.717, 1.165) is 4.90 Å². The van der Waals surface area contributed by atoms with Crippen LogP contribution in [0.25, 0.3) is 0 Å². The molecule has 24 heavy (non-hydrogen) atoms. The van der Waals surface area contributed by atoms with Gasteiger partial charge >= 0.3 is 5.97 Å². The number of carboxylic acids is 1. The molecule has 1 amide bonds. The van der Waals surface area contributed by atoms with E-state index in [-0.39, 0.29) is 6.79 Å². The minimum Gasteiger partial charge on any atom is -0.481 e. The van der Waals surface area contributed by atoms with Gasteiger partial charge in [0, 0.05) is 4.90 Å². The van der Waals surface area contributed by atoms with Crippen molar-refractivity contribution in [3.8, 4) is 11.5 Å². The monoisotopic (exact) mass is 343 g/mol. The summed E-state index contributed by atoms with van der Waals surface area (Å²) < 4.78 is 10.7. The summed E-state index contributed by atoms with van der Waals surface area (Å²) in [5, 5.41) is 11.7. The van der Waals surface area contributed by atoms with Crippen molar-refractivity contribution in [3.63, 3.8) is 0 Å². The highest BCUT2D eigenvalue weighted by Crippen LogP contribution is 2.48. The first kappa shape index (κ1) is 14.9. The number of benzene rings is 2. The van der Waals surface area contributed by atoms with Crippen LogP contribution in [0.5, 0.6) is 11.5 Å². The summed E-state index contributed by atoms with van der Waals surface area (Å²) in [4.78, 5) is 25.1. The van der Waals surface area contributed by atoms with Gasteiger partial charge in [-0.3, -0.25) is 9.59 Å². The predicted octanol–water partition coefficient (Wildman–Crippen LogP) is 2.90. The molecule has 2 N–H and O–H groups in total. The van der Waals surface area contributed by atoms with Gasteiger partial charge in [-0.05, 0) is 29.8 Å². The quantitative estimate of drug-likeness (QED) is 0.816. The molecule has 2 aromatic carbocycles. The van der Waals surface area contributed by atoms with E-state index in [1.54, 1.807) is 30.3 Å². The molecule has 2 aliphatic rings. The SMILES string of the molecule is O=C(O)C1C(=O)Nc2ccccc2SC1c1ccc2c(c1)OCO2. The number of anilines is 1. The van der Waals surface area contributed by atoms with Crippen molar-refractivity contribution in [2.24, 2.45) is 5.92 Å². The minimum absolute atomic E-state index is 0.141. The average Bonchev–Trinajstić information content (AvgIpc) is 2.96. The van der Waals surface area contributed by atoms with Crippen LogP contribution in [0.2, 0.25) is 0 Å². The number of ether oxygens (including phenoxy) is 2. The summed E-state index contributed by atoms with van der Waals surface area (Å²) in [6.45, 7) is 0.141. The number of hydrogen-bond donors (Lipinski definition) is 2. The van der Waals surface area contributed by atoms with Crippen molar-refractivity contribution in [2.45, 2.75) is 10.1 Å². The third-order valence-electron chi connectivity index (χ3n) is 3.98. The van der Waals surface area contributed by atoms with E-state index in [0.29, 0.717) is 22.7 Å². The zero-order chi connectivity index (χ0) is 16.7. The van der Waals surface area contributed by atoms with Gasteiger partial charge < -0.3 is 19.9 Å². The number of fused-ring (bicyclic) bond motifs is 2. The molecule has 0 fully saturated rings. The van der Waals surface area contributed by atoms with E-state index in [9.17, 15) is 14.7 Å². The maximum Gasteiger partial charge on any atom is 0.317 e. The molecule has 0 saturated heterocycles. The van der Waals surface area contributed by atoms with Crippen LogP contribution in [0.15, 0.2) is 47.4 Å². The summed E-state index contributed by atoms with van der Waals surface area (Å²) in [5.41, 5.74) is 1.34. The fourth-order valence-electron chi connectivity index (χ4n) is 2.82. The molecule has 0 saturated carbocycles. The fraction of sp³-hybridized carbons (Fsp3) is 0.176.